The molecule has 0 atom stereocenters. The minimum absolute atomic E-state index is 0.115. The average Bonchev–Trinajstić information content (AvgIpc) is 3.10. The van der Waals surface area contributed by atoms with Gasteiger partial charge in [-0.05, 0) is 51.0 Å². The second kappa shape index (κ2) is 9.26. The Balaban J connectivity index is 1.87. The quantitative estimate of drug-likeness (QED) is 0.517. The molecule has 0 spiro atoms. The van der Waals surface area contributed by atoms with Crippen LogP contribution in [0.3, 0.4) is 0 Å². The molecule has 1 aliphatic rings. The number of hydrogen-bond acceptors (Lipinski definition) is 6. The molecule has 1 aromatic carbocycles. The molecular weight excluding hydrogens is 362 g/mol. The number of benzene rings is 1. The lowest BCUT2D eigenvalue weighted by atomic mass is 9.88. The summed E-state index contributed by atoms with van der Waals surface area (Å²) < 4.78 is 12.6. The average molecular weight is 390 g/mol. The molecule has 0 saturated heterocycles. The van der Waals surface area contributed by atoms with E-state index in [1.807, 2.05) is 38.1 Å². The second-order valence-corrected chi connectivity index (χ2v) is 7.98. The molecule has 0 N–H and O–H groups in total. The van der Waals surface area contributed by atoms with Crippen LogP contribution < -0.4 is 4.74 Å². The van der Waals surface area contributed by atoms with Crippen LogP contribution in [0.25, 0.3) is 5.69 Å². The van der Waals surface area contributed by atoms with Gasteiger partial charge in [-0.25, -0.2) is 0 Å². The molecule has 1 saturated carbocycles. The Labute approximate surface area is 164 Å². The maximum absolute atomic E-state index is 11.9. The van der Waals surface area contributed by atoms with Gasteiger partial charge in [0.1, 0.15) is 11.6 Å². The number of esters is 1. The third kappa shape index (κ3) is 5.03. The van der Waals surface area contributed by atoms with Gasteiger partial charge in [-0.1, -0.05) is 31.0 Å². The van der Waals surface area contributed by atoms with Crippen LogP contribution in [0.4, 0.5) is 0 Å². The summed E-state index contributed by atoms with van der Waals surface area (Å²) in [5, 5.41) is 9.63. The van der Waals surface area contributed by atoms with E-state index in [0.717, 1.165) is 35.3 Å². The Morgan fingerprint density at radius 3 is 2.52 bits per heavy atom. The van der Waals surface area contributed by atoms with Crippen molar-refractivity contribution in [3.8, 4) is 11.4 Å². The number of nitrogens with zero attached hydrogens (tertiary/aromatic N) is 3. The van der Waals surface area contributed by atoms with Gasteiger partial charge in [0.2, 0.25) is 0 Å². The molecule has 6 nitrogen and oxygen atoms in total. The summed E-state index contributed by atoms with van der Waals surface area (Å²) in [6, 6.07) is 7.87. The Kier molecular flexibility index (Phi) is 6.77. The zero-order valence-electron chi connectivity index (χ0n) is 16.2. The molecule has 0 unspecified atom stereocenters. The van der Waals surface area contributed by atoms with E-state index in [2.05, 4.69) is 14.8 Å². The van der Waals surface area contributed by atoms with E-state index >= 15 is 0 Å². The molecule has 0 aliphatic heterocycles. The number of carbonyl (C=O) groups excluding carboxylic acids is 1. The Morgan fingerprint density at radius 2 is 1.89 bits per heavy atom. The van der Waals surface area contributed by atoms with E-state index in [1.54, 1.807) is 7.11 Å². The molecule has 27 heavy (non-hydrogen) atoms. The molecule has 2 aromatic rings. The van der Waals surface area contributed by atoms with Crippen LogP contribution in [-0.2, 0) is 9.53 Å². The maximum atomic E-state index is 11.9. The number of hydrogen-bond donors (Lipinski definition) is 0. The van der Waals surface area contributed by atoms with Crippen LogP contribution in [0.1, 0.15) is 57.7 Å². The summed E-state index contributed by atoms with van der Waals surface area (Å²) in [6.45, 7) is 3.70. The van der Waals surface area contributed by atoms with E-state index in [-0.39, 0.29) is 17.8 Å². The fourth-order valence-corrected chi connectivity index (χ4v) is 4.14. The molecule has 7 heteroatoms. The third-order valence-electron chi connectivity index (χ3n) is 4.65. The lowest BCUT2D eigenvalue weighted by Gasteiger charge is -2.22. The molecule has 0 radical (unpaired) electrons. The lowest BCUT2D eigenvalue weighted by Crippen LogP contribution is -2.14. The van der Waals surface area contributed by atoms with Crippen molar-refractivity contribution < 1.29 is 14.3 Å². The summed E-state index contributed by atoms with van der Waals surface area (Å²) in [5.41, 5.74) is 0.987. The summed E-state index contributed by atoms with van der Waals surface area (Å²) in [6.07, 6.45) is 5.89. The van der Waals surface area contributed by atoms with Gasteiger partial charge in [0.25, 0.3) is 0 Å². The van der Waals surface area contributed by atoms with Crippen LogP contribution in [0.5, 0.6) is 5.75 Å². The first-order valence-corrected chi connectivity index (χ1v) is 10.5. The second-order valence-electron chi connectivity index (χ2n) is 7.04. The number of aromatic nitrogens is 3. The van der Waals surface area contributed by atoms with Crippen LogP contribution in [0, 0.1) is 0 Å². The normalized spacial score (nSPS) is 15.1. The van der Waals surface area contributed by atoms with Crippen molar-refractivity contribution >= 4 is 17.7 Å². The summed E-state index contributed by atoms with van der Waals surface area (Å²) >= 11 is 1.37. The molecular formula is C20H27N3O3S. The molecule has 1 aromatic heterocycles. The van der Waals surface area contributed by atoms with Gasteiger partial charge in [-0.3, -0.25) is 9.36 Å². The molecule has 0 amide bonds. The summed E-state index contributed by atoms with van der Waals surface area (Å²) in [5.74, 6) is 2.18. The van der Waals surface area contributed by atoms with Gasteiger partial charge in [-0.15, -0.1) is 10.2 Å². The first-order valence-electron chi connectivity index (χ1n) is 9.50. The molecule has 1 aliphatic carbocycles. The number of thioether (sulfide) groups is 1. The predicted octanol–water partition coefficient (Wildman–Crippen LogP) is 4.37. The van der Waals surface area contributed by atoms with E-state index in [9.17, 15) is 4.79 Å². The first kappa shape index (κ1) is 19.7. The van der Waals surface area contributed by atoms with Crippen LogP contribution >= 0.6 is 11.8 Å². The van der Waals surface area contributed by atoms with Gasteiger partial charge >= 0.3 is 5.97 Å². The summed E-state index contributed by atoms with van der Waals surface area (Å²) in [7, 11) is 1.66. The molecule has 146 valence electrons. The molecule has 1 fully saturated rings. The van der Waals surface area contributed by atoms with Crippen molar-refractivity contribution in [3.05, 3.63) is 30.1 Å². The number of carbonyl (C=O) groups is 1. The number of rotatable bonds is 7. The minimum atomic E-state index is -0.238. The van der Waals surface area contributed by atoms with Gasteiger partial charge in [0, 0.05) is 11.6 Å². The SMILES string of the molecule is COc1ccc(-n2c(SCC(=O)OC(C)C)nnc2C2CCCCC2)cc1. The largest absolute Gasteiger partial charge is 0.497 e. The van der Waals surface area contributed by atoms with Crippen molar-refractivity contribution in [2.24, 2.45) is 0 Å². The highest BCUT2D eigenvalue weighted by atomic mass is 32.2. The number of methoxy groups -OCH3 is 1. The Morgan fingerprint density at radius 1 is 1.19 bits per heavy atom. The smallest absolute Gasteiger partial charge is 0.316 e. The van der Waals surface area contributed by atoms with Crippen molar-refractivity contribution in [3.63, 3.8) is 0 Å². The first-order chi connectivity index (χ1) is 13.1. The van der Waals surface area contributed by atoms with Crippen molar-refractivity contribution in [1.29, 1.82) is 0 Å². The van der Waals surface area contributed by atoms with Gasteiger partial charge in [-0.2, -0.15) is 0 Å². The third-order valence-corrected chi connectivity index (χ3v) is 5.55. The minimum Gasteiger partial charge on any atom is -0.497 e. The van der Waals surface area contributed by atoms with Crippen molar-refractivity contribution in [2.75, 3.05) is 12.9 Å². The Hall–Kier alpha value is -2.02. The standard InChI is InChI=1S/C20H27N3O3S/c1-14(2)26-18(24)13-27-20-22-21-19(15-7-5-4-6-8-15)23(20)16-9-11-17(25-3)12-10-16/h9-12,14-15H,4-8,13H2,1-3H3. The molecule has 3 rings (SSSR count). The fraction of sp³-hybridized carbons (Fsp3) is 0.550. The van der Waals surface area contributed by atoms with E-state index in [4.69, 9.17) is 9.47 Å². The van der Waals surface area contributed by atoms with Gasteiger partial charge < -0.3 is 9.47 Å². The monoisotopic (exact) mass is 389 g/mol. The zero-order valence-corrected chi connectivity index (χ0v) is 17.0. The van der Waals surface area contributed by atoms with Crippen molar-refractivity contribution in [2.45, 2.75) is 63.1 Å². The van der Waals surface area contributed by atoms with Gasteiger partial charge in [0.15, 0.2) is 5.16 Å². The number of ether oxygens (including phenoxy) is 2. The Bertz CT molecular complexity index is 752. The van der Waals surface area contributed by atoms with E-state index < -0.39 is 0 Å². The highest BCUT2D eigenvalue weighted by Crippen LogP contribution is 2.35. The molecule has 1 heterocycles. The van der Waals surface area contributed by atoms with Gasteiger partial charge in [0.05, 0.1) is 19.0 Å². The van der Waals surface area contributed by atoms with Crippen LogP contribution in [-0.4, -0.2) is 39.7 Å². The van der Waals surface area contributed by atoms with E-state index in [1.165, 1.54) is 31.0 Å². The van der Waals surface area contributed by atoms with Crippen LogP contribution in [0.15, 0.2) is 29.4 Å². The predicted molar refractivity (Wildman–Crippen MR) is 106 cm³/mol. The summed E-state index contributed by atoms with van der Waals surface area (Å²) in [4.78, 5) is 11.9. The fourth-order valence-electron chi connectivity index (χ4n) is 3.39. The molecule has 0 bridgehead atoms. The van der Waals surface area contributed by atoms with E-state index in [0.29, 0.717) is 5.92 Å². The highest BCUT2D eigenvalue weighted by Gasteiger charge is 2.25. The lowest BCUT2D eigenvalue weighted by molar-refractivity contribution is -0.144. The topological polar surface area (TPSA) is 66.2 Å². The zero-order chi connectivity index (χ0) is 19.2. The van der Waals surface area contributed by atoms with Crippen LogP contribution in [0.2, 0.25) is 0 Å². The maximum Gasteiger partial charge on any atom is 0.316 e. The highest BCUT2D eigenvalue weighted by molar-refractivity contribution is 7.99. The van der Waals surface area contributed by atoms with Crippen molar-refractivity contribution in [1.82, 2.24) is 14.8 Å².